The molecule has 0 aliphatic rings. The van der Waals surface area contributed by atoms with Crippen LogP contribution < -0.4 is 11.1 Å². The van der Waals surface area contributed by atoms with Gasteiger partial charge in [0.1, 0.15) is 5.82 Å². The van der Waals surface area contributed by atoms with Gasteiger partial charge in [-0.25, -0.2) is 9.97 Å². The molecule has 0 aliphatic carbocycles. The summed E-state index contributed by atoms with van der Waals surface area (Å²) in [6.07, 6.45) is 4.33. The molecule has 0 bridgehead atoms. The van der Waals surface area contributed by atoms with E-state index in [1.54, 1.807) is 30.6 Å². The smallest absolute Gasteiger partial charge is 0.250 e. The van der Waals surface area contributed by atoms with Gasteiger partial charge in [-0.3, -0.25) is 9.78 Å². The summed E-state index contributed by atoms with van der Waals surface area (Å²) in [6, 6.07) is 17.0. The van der Waals surface area contributed by atoms with Gasteiger partial charge in [0.2, 0.25) is 0 Å². The van der Waals surface area contributed by atoms with Crippen LogP contribution in [0.2, 0.25) is 0 Å². The van der Waals surface area contributed by atoms with Crippen LogP contribution in [0.5, 0.6) is 0 Å². The number of anilines is 2. The van der Waals surface area contributed by atoms with Gasteiger partial charge in [-0.05, 0) is 48.4 Å². The summed E-state index contributed by atoms with van der Waals surface area (Å²) in [7, 11) is 0. The molecule has 0 unspecified atom stereocenters. The average molecular weight is 369 g/mol. The highest BCUT2D eigenvalue weighted by molar-refractivity contribution is 6.01. The largest absolute Gasteiger partial charge is 0.366 e. The number of hydrogen-bond donors (Lipinski definition) is 2. The third-order valence-corrected chi connectivity index (χ3v) is 4.53. The molecule has 0 aliphatic heterocycles. The van der Waals surface area contributed by atoms with Gasteiger partial charge in [0, 0.05) is 23.3 Å². The number of aryl methyl sites for hydroxylation is 1. The first-order valence-electron chi connectivity index (χ1n) is 9.02. The number of rotatable bonds is 5. The molecule has 0 fully saturated rings. The lowest BCUT2D eigenvalue weighted by molar-refractivity contribution is 0.100. The maximum Gasteiger partial charge on any atom is 0.250 e. The van der Waals surface area contributed by atoms with E-state index in [1.807, 2.05) is 24.3 Å². The van der Waals surface area contributed by atoms with Gasteiger partial charge in [-0.2, -0.15) is 0 Å². The second-order valence-electron chi connectivity index (χ2n) is 6.38. The molecule has 28 heavy (non-hydrogen) atoms. The molecule has 4 rings (SSSR count). The zero-order valence-electron chi connectivity index (χ0n) is 15.4. The Bertz CT molecular complexity index is 1160. The van der Waals surface area contributed by atoms with Crippen molar-refractivity contribution in [1.29, 1.82) is 0 Å². The molecule has 4 aromatic rings. The van der Waals surface area contributed by atoms with Gasteiger partial charge in [-0.1, -0.05) is 25.1 Å². The molecule has 1 amide bonds. The van der Waals surface area contributed by atoms with Gasteiger partial charge >= 0.3 is 0 Å². The van der Waals surface area contributed by atoms with Crippen molar-refractivity contribution in [1.82, 2.24) is 15.0 Å². The highest BCUT2D eigenvalue weighted by Gasteiger charge is 2.13. The number of aromatic nitrogens is 3. The molecule has 138 valence electrons. The Hall–Kier alpha value is -3.80. The number of para-hydroxylation sites is 1. The Labute approximate surface area is 162 Å². The van der Waals surface area contributed by atoms with Crippen LogP contribution in [0, 0.1) is 0 Å². The summed E-state index contributed by atoms with van der Waals surface area (Å²) >= 11 is 0. The molecule has 0 saturated heterocycles. The SMILES string of the molecule is CCc1ccc2nc(-c3cccnc3)nc(Nc3ccccc3C(N)=O)c2c1. The maximum absolute atomic E-state index is 11.8. The van der Waals surface area contributed by atoms with Crippen molar-refractivity contribution >= 4 is 28.3 Å². The number of carbonyl (C=O) groups excluding carboxylic acids is 1. The first-order valence-corrected chi connectivity index (χ1v) is 9.02. The second kappa shape index (κ2) is 7.44. The zero-order chi connectivity index (χ0) is 19.5. The molecule has 0 radical (unpaired) electrons. The number of pyridine rings is 1. The summed E-state index contributed by atoms with van der Waals surface area (Å²) in [4.78, 5) is 25.4. The Morgan fingerprint density at radius 3 is 2.68 bits per heavy atom. The molecular weight excluding hydrogens is 350 g/mol. The van der Waals surface area contributed by atoms with E-state index in [2.05, 4.69) is 29.4 Å². The lowest BCUT2D eigenvalue weighted by Gasteiger charge is -2.13. The Balaban J connectivity index is 1.91. The van der Waals surface area contributed by atoms with Crippen molar-refractivity contribution in [2.45, 2.75) is 13.3 Å². The van der Waals surface area contributed by atoms with Crippen molar-refractivity contribution in [3.63, 3.8) is 0 Å². The topological polar surface area (TPSA) is 93.8 Å². The number of hydrogen-bond acceptors (Lipinski definition) is 5. The van der Waals surface area contributed by atoms with E-state index in [-0.39, 0.29) is 0 Å². The monoisotopic (exact) mass is 369 g/mol. The van der Waals surface area contributed by atoms with Crippen LogP contribution in [-0.2, 0) is 6.42 Å². The predicted octanol–water partition coefficient (Wildman–Crippen LogP) is 4.10. The normalized spacial score (nSPS) is 10.8. The Morgan fingerprint density at radius 2 is 1.93 bits per heavy atom. The fourth-order valence-corrected chi connectivity index (χ4v) is 3.05. The maximum atomic E-state index is 11.8. The number of carbonyl (C=O) groups is 1. The van der Waals surface area contributed by atoms with Gasteiger partial charge < -0.3 is 11.1 Å². The van der Waals surface area contributed by atoms with E-state index in [1.165, 1.54) is 5.56 Å². The minimum Gasteiger partial charge on any atom is -0.366 e. The minimum atomic E-state index is -0.497. The molecule has 0 spiro atoms. The van der Waals surface area contributed by atoms with Crippen LogP contribution in [0.3, 0.4) is 0 Å². The van der Waals surface area contributed by atoms with Crippen LogP contribution in [0.15, 0.2) is 67.0 Å². The number of amides is 1. The highest BCUT2D eigenvalue weighted by atomic mass is 16.1. The summed E-state index contributed by atoms with van der Waals surface area (Å²) in [6.45, 7) is 2.10. The van der Waals surface area contributed by atoms with Crippen molar-refractivity contribution in [3.8, 4) is 11.4 Å². The first-order chi connectivity index (χ1) is 13.7. The predicted molar refractivity (Wildman–Crippen MR) is 110 cm³/mol. The van der Waals surface area contributed by atoms with Crippen molar-refractivity contribution in [3.05, 3.63) is 78.1 Å². The summed E-state index contributed by atoms with van der Waals surface area (Å²) in [5.41, 5.74) is 9.34. The summed E-state index contributed by atoms with van der Waals surface area (Å²) in [5.74, 6) is 0.681. The van der Waals surface area contributed by atoms with E-state index < -0.39 is 5.91 Å². The van der Waals surface area contributed by atoms with Gasteiger partial charge in [0.15, 0.2) is 5.82 Å². The fourth-order valence-electron chi connectivity index (χ4n) is 3.05. The number of nitrogens with two attached hydrogens (primary N) is 1. The van der Waals surface area contributed by atoms with Crippen molar-refractivity contribution in [2.75, 3.05) is 5.32 Å². The molecule has 6 nitrogen and oxygen atoms in total. The molecular formula is C22H19N5O. The van der Waals surface area contributed by atoms with E-state index in [9.17, 15) is 4.79 Å². The van der Waals surface area contributed by atoms with E-state index in [4.69, 9.17) is 15.7 Å². The van der Waals surface area contributed by atoms with Crippen LogP contribution in [-0.4, -0.2) is 20.9 Å². The van der Waals surface area contributed by atoms with Gasteiger partial charge in [0.05, 0.1) is 16.8 Å². The van der Waals surface area contributed by atoms with Crippen LogP contribution >= 0.6 is 0 Å². The Morgan fingerprint density at radius 1 is 1.07 bits per heavy atom. The van der Waals surface area contributed by atoms with Crippen LogP contribution in [0.1, 0.15) is 22.8 Å². The summed E-state index contributed by atoms with van der Waals surface area (Å²) < 4.78 is 0. The molecule has 0 saturated carbocycles. The van der Waals surface area contributed by atoms with Crippen molar-refractivity contribution in [2.24, 2.45) is 5.73 Å². The van der Waals surface area contributed by atoms with E-state index in [0.29, 0.717) is 22.9 Å². The highest BCUT2D eigenvalue weighted by Crippen LogP contribution is 2.29. The van der Waals surface area contributed by atoms with E-state index in [0.717, 1.165) is 22.9 Å². The van der Waals surface area contributed by atoms with E-state index >= 15 is 0 Å². The number of nitrogens with zero attached hydrogens (tertiary/aromatic N) is 3. The molecule has 6 heteroatoms. The number of fused-ring (bicyclic) bond motifs is 1. The molecule has 2 aromatic carbocycles. The molecule has 3 N–H and O–H groups in total. The average Bonchev–Trinajstić information content (AvgIpc) is 2.74. The lowest BCUT2D eigenvalue weighted by Crippen LogP contribution is -2.13. The molecule has 2 heterocycles. The van der Waals surface area contributed by atoms with Gasteiger partial charge in [0.25, 0.3) is 5.91 Å². The van der Waals surface area contributed by atoms with Gasteiger partial charge in [-0.15, -0.1) is 0 Å². The first kappa shape index (κ1) is 17.6. The Kier molecular flexibility index (Phi) is 4.68. The lowest BCUT2D eigenvalue weighted by atomic mass is 10.1. The molecule has 2 aromatic heterocycles. The van der Waals surface area contributed by atoms with Crippen LogP contribution in [0.25, 0.3) is 22.3 Å². The quantitative estimate of drug-likeness (QED) is 0.552. The third kappa shape index (κ3) is 3.40. The van der Waals surface area contributed by atoms with Crippen molar-refractivity contribution < 1.29 is 4.79 Å². The fraction of sp³-hybridized carbons (Fsp3) is 0.0909. The third-order valence-electron chi connectivity index (χ3n) is 4.53. The minimum absolute atomic E-state index is 0.406. The second-order valence-corrected chi connectivity index (χ2v) is 6.38. The summed E-state index contributed by atoms with van der Waals surface area (Å²) in [5, 5.41) is 4.17. The number of nitrogens with one attached hydrogen (secondary N) is 1. The number of primary amides is 1. The zero-order valence-corrected chi connectivity index (χ0v) is 15.4. The molecule has 0 atom stereocenters. The van der Waals surface area contributed by atoms with Crippen LogP contribution in [0.4, 0.5) is 11.5 Å². The number of benzene rings is 2. The standard InChI is InChI=1S/C22H19N5O/c1-2-14-9-10-19-17(12-14)22(26-18-8-4-3-7-16(18)20(23)28)27-21(25-19)15-6-5-11-24-13-15/h3-13H,2H2,1H3,(H2,23,28)(H,25,26,27).